The molecule has 0 saturated carbocycles. The first-order valence-corrected chi connectivity index (χ1v) is 6.98. The van der Waals surface area contributed by atoms with Gasteiger partial charge in [-0.05, 0) is 41.6 Å². The van der Waals surface area contributed by atoms with Crippen LogP contribution in [0.1, 0.15) is 25.7 Å². The number of nitrogens with one attached hydrogen (secondary N) is 1. The third-order valence-corrected chi connectivity index (χ3v) is 4.00. The highest BCUT2D eigenvalue weighted by molar-refractivity contribution is 9.10. The fraction of sp³-hybridized carbons (Fsp3) is 0.700. The molecule has 1 atom stereocenters. The van der Waals surface area contributed by atoms with E-state index in [-0.39, 0.29) is 0 Å². The highest BCUT2D eigenvalue weighted by atomic mass is 79.9. The summed E-state index contributed by atoms with van der Waals surface area (Å²) in [6.07, 6.45) is 5.28. The first-order chi connectivity index (χ1) is 7.34. The monoisotopic (exact) mass is 290 g/mol. The van der Waals surface area contributed by atoms with Gasteiger partial charge in [0.05, 0.1) is 6.10 Å². The van der Waals surface area contributed by atoms with E-state index in [1.54, 1.807) is 11.3 Å². The summed E-state index contributed by atoms with van der Waals surface area (Å²) < 4.78 is 6.56. The van der Waals surface area contributed by atoms with Crippen LogP contribution in [0.2, 0.25) is 0 Å². The summed E-state index contributed by atoms with van der Waals surface area (Å²) in [6.45, 7) is 1.89. The Kier molecular flexibility index (Phi) is 4.41. The first kappa shape index (κ1) is 11.4. The predicted molar refractivity (Wildman–Crippen MR) is 66.5 cm³/mol. The van der Waals surface area contributed by atoms with E-state index >= 15 is 0 Å². The van der Waals surface area contributed by atoms with Crippen molar-refractivity contribution in [1.82, 2.24) is 4.98 Å². The second-order valence-electron chi connectivity index (χ2n) is 3.68. The van der Waals surface area contributed by atoms with Gasteiger partial charge in [-0.15, -0.1) is 11.3 Å². The lowest BCUT2D eigenvalue weighted by Crippen LogP contribution is -2.21. The van der Waals surface area contributed by atoms with Crippen LogP contribution in [-0.2, 0) is 4.74 Å². The molecular formula is C10H15BrN2OS. The fourth-order valence-electron chi connectivity index (χ4n) is 1.71. The molecule has 0 aromatic carbocycles. The van der Waals surface area contributed by atoms with Crippen LogP contribution in [0.25, 0.3) is 0 Å². The molecule has 1 aliphatic heterocycles. The third kappa shape index (κ3) is 3.74. The lowest BCUT2D eigenvalue weighted by molar-refractivity contribution is 0.0134. The standard InChI is InChI=1S/C10H15BrN2OS/c11-9-7-15-10(13-9)12-5-4-8-3-1-2-6-14-8/h7-8H,1-6H2,(H,12,13). The van der Waals surface area contributed by atoms with Crippen LogP contribution >= 0.6 is 27.3 Å². The summed E-state index contributed by atoms with van der Waals surface area (Å²) >= 11 is 4.96. The number of nitrogens with zero attached hydrogens (tertiary/aromatic N) is 1. The van der Waals surface area contributed by atoms with Gasteiger partial charge in [0, 0.05) is 18.5 Å². The average Bonchev–Trinajstić information content (AvgIpc) is 2.66. The van der Waals surface area contributed by atoms with Crippen molar-refractivity contribution in [2.75, 3.05) is 18.5 Å². The topological polar surface area (TPSA) is 34.1 Å². The molecule has 0 aliphatic carbocycles. The molecule has 84 valence electrons. The van der Waals surface area contributed by atoms with E-state index < -0.39 is 0 Å². The molecule has 1 unspecified atom stereocenters. The zero-order valence-corrected chi connectivity index (χ0v) is 10.9. The largest absolute Gasteiger partial charge is 0.378 e. The van der Waals surface area contributed by atoms with Crippen molar-refractivity contribution < 1.29 is 4.74 Å². The van der Waals surface area contributed by atoms with Crippen LogP contribution in [0, 0.1) is 0 Å². The zero-order chi connectivity index (χ0) is 10.5. The molecule has 15 heavy (non-hydrogen) atoms. The predicted octanol–water partition coefficient (Wildman–Crippen LogP) is 3.28. The Morgan fingerprint density at radius 3 is 3.20 bits per heavy atom. The quantitative estimate of drug-likeness (QED) is 0.924. The minimum atomic E-state index is 0.453. The van der Waals surface area contributed by atoms with E-state index in [2.05, 4.69) is 26.2 Å². The number of hydrogen-bond acceptors (Lipinski definition) is 4. The van der Waals surface area contributed by atoms with Gasteiger partial charge in [-0.2, -0.15) is 0 Å². The van der Waals surface area contributed by atoms with Crippen molar-refractivity contribution in [3.8, 4) is 0 Å². The van der Waals surface area contributed by atoms with E-state index in [0.29, 0.717) is 6.10 Å². The van der Waals surface area contributed by atoms with Crippen LogP contribution in [0.15, 0.2) is 9.98 Å². The number of anilines is 1. The fourth-order valence-corrected chi connectivity index (χ4v) is 2.88. The Morgan fingerprint density at radius 1 is 1.60 bits per heavy atom. The molecule has 1 aliphatic rings. The second-order valence-corrected chi connectivity index (χ2v) is 5.35. The normalized spacial score (nSPS) is 21.5. The Balaban J connectivity index is 1.65. The summed E-state index contributed by atoms with van der Waals surface area (Å²) in [4.78, 5) is 4.28. The minimum absolute atomic E-state index is 0.453. The van der Waals surface area contributed by atoms with Gasteiger partial charge in [0.2, 0.25) is 0 Å². The number of rotatable bonds is 4. The van der Waals surface area contributed by atoms with Gasteiger partial charge >= 0.3 is 0 Å². The molecule has 0 spiro atoms. The number of aromatic nitrogens is 1. The van der Waals surface area contributed by atoms with E-state index in [0.717, 1.165) is 29.3 Å². The number of halogens is 1. The number of hydrogen-bond donors (Lipinski definition) is 1. The first-order valence-electron chi connectivity index (χ1n) is 5.31. The Morgan fingerprint density at radius 2 is 2.53 bits per heavy atom. The molecule has 0 radical (unpaired) electrons. The third-order valence-electron chi connectivity index (χ3n) is 2.49. The Labute approximate surface area is 102 Å². The van der Waals surface area contributed by atoms with Gasteiger partial charge in [0.1, 0.15) is 4.60 Å². The highest BCUT2D eigenvalue weighted by Gasteiger charge is 2.13. The average molecular weight is 291 g/mol. The van der Waals surface area contributed by atoms with Crippen LogP contribution in [0.4, 0.5) is 5.13 Å². The summed E-state index contributed by atoms with van der Waals surface area (Å²) in [6, 6.07) is 0. The SMILES string of the molecule is Brc1csc(NCCC2CCCCO2)n1. The van der Waals surface area contributed by atoms with Crippen molar-refractivity contribution in [1.29, 1.82) is 0 Å². The van der Waals surface area contributed by atoms with Crippen molar-refractivity contribution in [3.05, 3.63) is 9.98 Å². The van der Waals surface area contributed by atoms with Crippen LogP contribution in [-0.4, -0.2) is 24.2 Å². The smallest absolute Gasteiger partial charge is 0.183 e. The maximum Gasteiger partial charge on any atom is 0.183 e. The molecule has 1 N–H and O–H groups in total. The molecule has 5 heteroatoms. The van der Waals surface area contributed by atoms with E-state index in [1.165, 1.54) is 19.3 Å². The van der Waals surface area contributed by atoms with E-state index in [9.17, 15) is 0 Å². The van der Waals surface area contributed by atoms with Crippen LogP contribution < -0.4 is 5.32 Å². The van der Waals surface area contributed by atoms with Crippen molar-refractivity contribution in [2.24, 2.45) is 0 Å². The molecule has 1 aromatic heterocycles. The number of thiazole rings is 1. The molecule has 0 amide bonds. The van der Waals surface area contributed by atoms with Gasteiger partial charge < -0.3 is 10.1 Å². The minimum Gasteiger partial charge on any atom is -0.378 e. The summed E-state index contributed by atoms with van der Waals surface area (Å²) in [5.41, 5.74) is 0. The van der Waals surface area contributed by atoms with Gasteiger partial charge in [-0.25, -0.2) is 4.98 Å². The maximum atomic E-state index is 5.65. The molecule has 3 nitrogen and oxygen atoms in total. The molecule has 1 aromatic rings. The highest BCUT2D eigenvalue weighted by Crippen LogP contribution is 2.20. The van der Waals surface area contributed by atoms with Crippen LogP contribution in [0.3, 0.4) is 0 Å². The summed E-state index contributed by atoms with van der Waals surface area (Å²) in [7, 11) is 0. The van der Waals surface area contributed by atoms with Gasteiger partial charge in [0.25, 0.3) is 0 Å². The molecule has 1 saturated heterocycles. The molecule has 2 heterocycles. The van der Waals surface area contributed by atoms with E-state index in [4.69, 9.17) is 4.74 Å². The van der Waals surface area contributed by atoms with Gasteiger partial charge in [-0.3, -0.25) is 0 Å². The summed E-state index contributed by atoms with van der Waals surface area (Å²) in [5.74, 6) is 0. The lowest BCUT2D eigenvalue weighted by atomic mass is 10.1. The maximum absolute atomic E-state index is 5.65. The van der Waals surface area contributed by atoms with Gasteiger partial charge in [0.15, 0.2) is 5.13 Å². The van der Waals surface area contributed by atoms with Crippen LogP contribution in [0.5, 0.6) is 0 Å². The van der Waals surface area contributed by atoms with Crippen molar-refractivity contribution in [3.63, 3.8) is 0 Å². The Hall–Kier alpha value is -0.130. The molecule has 0 bridgehead atoms. The molecule has 2 rings (SSSR count). The summed E-state index contributed by atoms with van der Waals surface area (Å²) in [5, 5.41) is 6.28. The van der Waals surface area contributed by atoms with Gasteiger partial charge in [-0.1, -0.05) is 0 Å². The molecular weight excluding hydrogens is 276 g/mol. The molecule has 1 fully saturated rings. The zero-order valence-electron chi connectivity index (χ0n) is 8.54. The Bertz CT molecular complexity index is 299. The lowest BCUT2D eigenvalue weighted by Gasteiger charge is -2.22. The number of ether oxygens (including phenoxy) is 1. The van der Waals surface area contributed by atoms with E-state index in [1.807, 2.05) is 5.38 Å². The second kappa shape index (κ2) is 5.82. The van der Waals surface area contributed by atoms with Crippen molar-refractivity contribution in [2.45, 2.75) is 31.8 Å². The van der Waals surface area contributed by atoms with Crippen molar-refractivity contribution >= 4 is 32.4 Å².